The number of nitrogens with one attached hydrogen (secondary N) is 2. The van der Waals surface area contributed by atoms with Gasteiger partial charge in [-0.3, -0.25) is 14.4 Å². The molecule has 0 radical (unpaired) electrons. The van der Waals surface area contributed by atoms with E-state index >= 15 is 0 Å². The standard InChI is InChI=1S/C26H44N4O6S/c1-8-17(4)23(29-22(32)12-10-9-11-13-27-6)25(33)30(7)20(16(2)3)14-21(36-18(5)31)24-28-19(15-37-24)26(34)35/h15-17,20-21,23,27H,8-14H2,1-7H3,(H,29,32)(H,34,35)/t17-,20+,21+,23?/m0/s1. The molecule has 37 heavy (non-hydrogen) atoms. The fourth-order valence-corrected chi connectivity index (χ4v) is 4.94. The minimum atomic E-state index is -1.16. The topological polar surface area (TPSA) is 138 Å². The van der Waals surface area contributed by atoms with Crippen LogP contribution in [0.1, 0.15) is 94.7 Å². The lowest BCUT2D eigenvalue weighted by Gasteiger charge is -2.37. The fraction of sp³-hybridized carbons (Fsp3) is 0.731. The van der Waals surface area contributed by atoms with Gasteiger partial charge in [0.15, 0.2) is 11.8 Å². The summed E-state index contributed by atoms with van der Waals surface area (Å²) in [5.74, 6) is -2.11. The normalized spacial score (nSPS) is 14.5. The number of amides is 2. The number of carboxylic acid groups (broad SMARTS) is 1. The van der Waals surface area contributed by atoms with Gasteiger partial charge < -0.3 is 25.4 Å². The number of carboxylic acids is 1. The van der Waals surface area contributed by atoms with Crippen LogP contribution in [0.4, 0.5) is 0 Å². The molecular weight excluding hydrogens is 496 g/mol. The number of nitrogens with zero attached hydrogens (tertiary/aromatic N) is 2. The summed E-state index contributed by atoms with van der Waals surface area (Å²) in [5, 5.41) is 17.1. The monoisotopic (exact) mass is 540 g/mol. The second-order valence-electron chi connectivity index (χ2n) is 9.82. The number of carbonyl (C=O) groups excluding carboxylic acids is 3. The van der Waals surface area contributed by atoms with Gasteiger partial charge in [-0.05, 0) is 38.3 Å². The van der Waals surface area contributed by atoms with Crippen molar-refractivity contribution >= 4 is 35.1 Å². The Kier molecular flexibility index (Phi) is 14.4. The van der Waals surface area contributed by atoms with E-state index in [4.69, 9.17) is 4.74 Å². The van der Waals surface area contributed by atoms with Crippen LogP contribution in [0.3, 0.4) is 0 Å². The number of unbranched alkanes of at least 4 members (excludes halogenated alkanes) is 2. The van der Waals surface area contributed by atoms with E-state index in [1.807, 2.05) is 34.7 Å². The number of hydrogen-bond donors (Lipinski definition) is 3. The molecule has 210 valence electrons. The first-order valence-electron chi connectivity index (χ1n) is 13.0. The molecule has 2 amide bonds. The number of esters is 1. The van der Waals surface area contributed by atoms with E-state index in [9.17, 15) is 24.3 Å². The average molecular weight is 541 g/mol. The predicted molar refractivity (Wildman–Crippen MR) is 143 cm³/mol. The summed E-state index contributed by atoms with van der Waals surface area (Å²) in [6, 6.07) is -1.02. The first-order valence-corrected chi connectivity index (χ1v) is 13.9. The number of aromatic carboxylic acids is 1. The third kappa shape index (κ3) is 10.8. The zero-order valence-corrected chi connectivity index (χ0v) is 24.0. The fourth-order valence-electron chi connectivity index (χ4n) is 4.11. The first kappa shape index (κ1) is 32.5. The largest absolute Gasteiger partial charge is 0.476 e. The first-order chi connectivity index (χ1) is 17.4. The van der Waals surface area contributed by atoms with Crippen molar-refractivity contribution in [1.82, 2.24) is 20.5 Å². The number of ether oxygens (including phenoxy) is 1. The van der Waals surface area contributed by atoms with E-state index in [0.29, 0.717) is 17.8 Å². The van der Waals surface area contributed by atoms with Crippen molar-refractivity contribution in [3.63, 3.8) is 0 Å². The van der Waals surface area contributed by atoms with Crippen molar-refractivity contribution in [1.29, 1.82) is 0 Å². The maximum absolute atomic E-state index is 13.7. The van der Waals surface area contributed by atoms with Crippen molar-refractivity contribution < 1.29 is 29.0 Å². The zero-order valence-electron chi connectivity index (χ0n) is 23.2. The average Bonchev–Trinajstić information content (AvgIpc) is 3.34. The summed E-state index contributed by atoms with van der Waals surface area (Å²) in [4.78, 5) is 55.2. The molecule has 1 aromatic heterocycles. The summed E-state index contributed by atoms with van der Waals surface area (Å²) in [6.07, 6.45) is 3.22. The van der Waals surface area contributed by atoms with Crippen LogP contribution in [0.15, 0.2) is 5.38 Å². The molecule has 4 atom stereocenters. The molecular formula is C26H44N4O6S. The lowest BCUT2D eigenvalue weighted by Crippen LogP contribution is -2.54. The van der Waals surface area contributed by atoms with Crippen molar-refractivity contribution in [2.45, 2.75) is 91.3 Å². The van der Waals surface area contributed by atoms with Gasteiger partial charge in [-0.1, -0.05) is 40.5 Å². The van der Waals surface area contributed by atoms with E-state index in [2.05, 4.69) is 15.6 Å². The van der Waals surface area contributed by atoms with E-state index in [1.165, 1.54) is 12.3 Å². The van der Waals surface area contributed by atoms with Crippen LogP contribution in [0.5, 0.6) is 0 Å². The molecule has 0 aliphatic carbocycles. The van der Waals surface area contributed by atoms with E-state index in [1.54, 1.807) is 11.9 Å². The SMILES string of the molecule is CC[C@H](C)C(NC(=O)CCCCCNC)C(=O)N(C)[C@H](C[C@@H](OC(C)=O)c1nc(C(=O)O)cs1)C(C)C. The van der Waals surface area contributed by atoms with Gasteiger partial charge in [0.2, 0.25) is 11.8 Å². The van der Waals surface area contributed by atoms with Crippen LogP contribution in [0, 0.1) is 11.8 Å². The van der Waals surface area contributed by atoms with Gasteiger partial charge in [0.05, 0.1) is 0 Å². The Hall–Kier alpha value is -2.53. The smallest absolute Gasteiger partial charge is 0.355 e. The lowest BCUT2D eigenvalue weighted by molar-refractivity contribution is -0.149. The van der Waals surface area contributed by atoms with Gasteiger partial charge >= 0.3 is 11.9 Å². The molecule has 0 fully saturated rings. The summed E-state index contributed by atoms with van der Waals surface area (Å²) < 4.78 is 5.51. The highest BCUT2D eigenvalue weighted by Gasteiger charge is 2.35. The molecule has 10 nitrogen and oxygen atoms in total. The molecule has 1 heterocycles. The highest BCUT2D eigenvalue weighted by atomic mass is 32.1. The molecule has 3 N–H and O–H groups in total. The van der Waals surface area contributed by atoms with Gasteiger partial charge in [-0.15, -0.1) is 11.3 Å². The van der Waals surface area contributed by atoms with Crippen LogP contribution in [-0.4, -0.2) is 71.5 Å². The van der Waals surface area contributed by atoms with Gasteiger partial charge in [-0.2, -0.15) is 0 Å². The minimum Gasteiger partial charge on any atom is -0.476 e. The number of likely N-dealkylation sites (N-methyl/N-ethyl adjacent to an activating group) is 1. The molecule has 1 aromatic rings. The van der Waals surface area contributed by atoms with Crippen LogP contribution >= 0.6 is 11.3 Å². The number of rotatable bonds is 17. The molecule has 0 saturated heterocycles. The van der Waals surface area contributed by atoms with Crippen LogP contribution < -0.4 is 10.6 Å². The Bertz CT molecular complexity index is 890. The number of carbonyl (C=O) groups is 4. The Morgan fingerprint density at radius 1 is 1.16 bits per heavy atom. The summed E-state index contributed by atoms with van der Waals surface area (Å²) in [6.45, 7) is 10.0. The Morgan fingerprint density at radius 2 is 1.84 bits per heavy atom. The maximum Gasteiger partial charge on any atom is 0.355 e. The highest BCUT2D eigenvalue weighted by molar-refractivity contribution is 7.09. The molecule has 0 aromatic carbocycles. The van der Waals surface area contributed by atoms with Gasteiger partial charge in [0.1, 0.15) is 11.0 Å². The van der Waals surface area contributed by atoms with Gasteiger partial charge in [0.25, 0.3) is 0 Å². The molecule has 0 spiro atoms. The number of hydrogen-bond acceptors (Lipinski definition) is 8. The number of aromatic nitrogens is 1. The van der Waals surface area contributed by atoms with Gasteiger partial charge in [0, 0.05) is 38.2 Å². The molecule has 0 aliphatic heterocycles. The zero-order chi connectivity index (χ0) is 28.1. The van der Waals surface area contributed by atoms with Crippen LogP contribution in [0.2, 0.25) is 0 Å². The predicted octanol–water partition coefficient (Wildman–Crippen LogP) is 3.63. The van der Waals surface area contributed by atoms with Crippen molar-refractivity contribution in [3.8, 4) is 0 Å². The van der Waals surface area contributed by atoms with E-state index in [0.717, 1.165) is 37.1 Å². The Balaban J connectivity index is 3.06. The third-order valence-electron chi connectivity index (χ3n) is 6.52. The summed E-state index contributed by atoms with van der Waals surface area (Å²) in [7, 11) is 3.59. The molecule has 0 saturated carbocycles. The molecule has 1 unspecified atom stereocenters. The summed E-state index contributed by atoms with van der Waals surface area (Å²) in [5.41, 5.74) is -0.117. The van der Waals surface area contributed by atoms with E-state index < -0.39 is 24.1 Å². The van der Waals surface area contributed by atoms with Crippen LogP contribution in [-0.2, 0) is 19.1 Å². The maximum atomic E-state index is 13.7. The highest BCUT2D eigenvalue weighted by Crippen LogP contribution is 2.31. The van der Waals surface area contributed by atoms with Crippen molar-refractivity contribution in [3.05, 3.63) is 16.1 Å². The minimum absolute atomic E-state index is 0.00799. The van der Waals surface area contributed by atoms with E-state index in [-0.39, 0.29) is 41.8 Å². The quantitative estimate of drug-likeness (QED) is 0.201. The van der Waals surface area contributed by atoms with Gasteiger partial charge in [-0.25, -0.2) is 9.78 Å². The number of thiazole rings is 1. The molecule has 11 heteroatoms. The Morgan fingerprint density at radius 3 is 2.35 bits per heavy atom. The van der Waals surface area contributed by atoms with Crippen molar-refractivity contribution in [2.75, 3.05) is 20.6 Å². The van der Waals surface area contributed by atoms with Crippen molar-refractivity contribution in [2.24, 2.45) is 11.8 Å². The third-order valence-corrected chi connectivity index (χ3v) is 7.46. The van der Waals surface area contributed by atoms with Crippen LogP contribution in [0.25, 0.3) is 0 Å². The second kappa shape index (κ2) is 16.3. The second-order valence-corrected chi connectivity index (χ2v) is 10.7. The molecule has 0 bridgehead atoms. The lowest BCUT2D eigenvalue weighted by atomic mass is 9.93. The Labute approximate surface area is 224 Å². The molecule has 0 aliphatic rings. The molecule has 1 rings (SSSR count). The summed E-state index contributed by atoms with van der Waals surface area (Å²) >= 11 is 1.10.